The number of aliphatic carboxylic acids is 1. The molecule has 1 N–H and O–H groups in total. The Bertz CT molecular complexity index is 728. The molecule has 21 heavy (non-hydrogen) atoms. The van der Waals surface area contributed by atoms with Crippen LogP contribution in [0.25, 0.3) is 11.1 Å². The minimum Gasteiger partial charge on any atom is -0.481 e. The van der Waals surface area contributed by atoms with Crippen molar-refractivity contribution in [2.24, 2.45) is 0 Å². The molecule has 0 heterocycles. The molecule has 0 aliphatic rings. The smallest absolute Gasteiger partial charge is 0.308 e. The van der Waals surface area contributed by atoms with E-state index in [-0.39, 0.29) is 16.8 Å². The third-order valence-corrected chi connectivity index (χ3v) is 3.06. The average molecular weight is 289 g/mol. The van der Waals surface area contributed by atoms with Gasteiger partial charge in [0.05, 0.1) is 11.3 Å². The quantitative estimate of drug-likeness (QED) is 0.691. The van der Waals surface area contributed by atoms with Crippen LogP contribution >= 0.6 is 0 Å². The van der Waals surface area contributed by atoms with Crippen LogP contribution in [0.4, 0.5) is 10.1 Å². The Hall–Kier alpha value is -2.76. The maximum Gasteiger partial charge on any atom is 0.308 e. The van der Waals surface area contributed by atoms with E-state index in [4.69, 9.17) is 5.11 Å². The van der Waals surface area contributed by atoms with Crippen molar-refractivity contribution in [1.82, 2.24) is 0 Å². The van der Waals surface area contributed by atoms with Crippen LogP contribution in [0.15, 0.2) is 36.4 Å². The number of nitro benzene ring substituents is 1. The van der Waals surface area contributed by atoms with Crippen molar-refractivity contribution < 1.29 is 19.2 Å². The number of hydrogen-bond donors (Lipinski definition) is 1. The second kappa shape index (κ2) is 5.70. The molecule has 0 saturated heterocycles. The molecule has 0 aliphatic carbocycles. The van der Waals surface area contributed by atoms with E-state index in [0.29, 0.717) is 5.56 Å². The Kier molecular flexibility index (Phi) is 3.98. The van der Waals surface area contributed by atoms with E-state index in [0.717, 1.165) is 5.56 Å². The molecule has 108 valence electrons. The van der Waals surface area contributed by atoms with Crippen molar-refractivity contribution >= 4 is 11.7 Å². The SMILES string of the molecule is Cc1ccc(-c2ccc(CC(=O)O)c([N+](=O)[O-])c2)c(F)c1. The second-order valence-electron chi connectivity index (χ2n) is 4.65. The first-order chi connectivity index (χ1) is 9.88. The monoisotopic (exact) mass is 289 g/mol. The van der Waals surface area contributed by atoms with Crippen LogP contribution in [-0.2, 0) is 11.2 Å². The summed E-state index contributed by atoms with van der Waals surface area (Å²) in [5, 5.41) is 19.8. The molecule has 0 aromatic heterocycles. The van der Waals surface area contributed by atoms with Crippen LogP contribution in [-0.4, -0.2) is 16.0 Å². The van der Waals surface area contributed by atoms with Gasteiger partial charge in [0.1, 0.15) is 5.82 Å². The number of nitrogens with zero attached hydrogens (tertiary/aromatic N) is 1. The summed E-state index contributed by atoms with van der Waals surface area (Å²) in [6.45, 7) is 1.74. The number of carboxylic acids is 1. The summed E-state index contributed by atoms with van der Waals surface area (Å²) in [6.07, 6.45) is -0.451. The van der Waals surface area contributed by atoms with E-state index < -0.39 is 23.1 Å². The van der Waals surface area contributed by atoms with Crippen molar-refractivity contribution in [3.05, 3.63) is 63.5 Å². The maximum atomic E-state index is 13.9. The number of benzene rings is 2. The fraction of sp³-hybridized carbons (Fsp3) is 0.133. The van der Waals surface area contributed by atoms with E-state index in [1.165, 1.54) is 24.3 Å². The van der Waals surface area contributed by atoms with Gasteiger partial charge in [-0.25, -0.2) is 4.39 Å². The molecule has 0 unspecified atom stereocenters. The third kappa shape index (κ3) is 3.22. The first-order valence-corrected chi connectivity index (χ1v) is 6.14. The summed E-state index contributed by atoms with van der Waals surface area (Å²) in [7, 11) is 0. The fourth-order valence-corrected chi connectivity index (χ4v) is 2.07. The van der Waals surface area contributed by atoms with Gasteiger partial charge >= 0.3 is 5.97 Å². The summed E-state index contributed by atoms with van der Waals surface area (Å²) < 4.78 is 13.9. The largest absolute Gasteiger partial charge is 0.481 e. The number of rotatable bonds is 4. The maximum absolute atomic E-state index is 13.9. The Balaban J connectivity index is 2.53. The molecule has 0 amide bonds. The fourth-order valence-electron chi connectivity index (χ4n) is 2.07. The molecular formula is C15H12FNO4. The van der Waals surface area contributed by atoms with E-state index in [9.17, 15) is 19.3 Å². The molecule has 0 fully saturated rings. The van der Waals surface area contributed by atoms with Crippen molar-refractivity contribution in [2.45, 2.75) is 13.3 Å². The standard InChI is InChI=1S/C15H12FNO4/c1-9-2-5-12(13(16)6-9)10-3-4-11(8-15(18)19)14(7-10)17(20)21/h2-7H,8H2,1H3,(H,18,19). The van der Waals surface area contributed by atoms with Crippen LogP contribution in [0.3, 0.4) is 0 Å². The summed E-state index contributed by atoms with van der Waals surface area (Å²) in [6, 6.07) is 8.62. The molecule has 6 heteroatoms. The minimum absolute atomic E-state index is 0.0868. The topological polar surface area (TPSA) is 80.4 Å². The van der Waals surface area contributed by atoms with Crippen molar-refractivity contribution in [1.29, 1.82) is 0 Å². The zero-order chi connectivity index (χ0) is 15.6. The van der Waals surface area contributed by atoms with Gasteiger partial charge in [-0.1, -0.05) is 24.3 Å². The van der Waals surface area contributed by atoms with Gasteiger partial charge in [0.15, 0.2) is 0 Å². The highest BCUT2D eigenvalue weighted by molar-refractivity contribution is 5.74. The van der Waals surface area contributed by atoms with Gasteiger partial charge in [-0.05, 0) is 24.1 Å². The highest BCUT2D eigenvalue weighted by Crippen LogP contribution is 2.29. The molecule has 0 spiro atoms. The van der Waals surface area contributed by atoms with Gasteiger partial charge in [0, 0.05) is 17.2 Å². The molecule has 2 aromatic carbocycles. The van der Waals surface area contributed by atoms with Crippen molar-refractivity contribution in [3.8, 4) is 11.1 Å². The van der Waals surface area contributed by atoms with Crippen LogP contribution in [0.2, 0.25) is 0 Å². The molecule has 0 saturated carbocycles. The third-order valence-electron chi connectivity index (χ3n) is 3.06. The van der Waals surface area contributed by atoms with Gasteiger partial charge in [-0.15, -0.1) is 0 Å². The molecule has 0 radical (unpaired) electrons. The zero-order valence-corrected chi connectivity index (χ0v) is 11.2. The lowest BCUT2D eigenvalue weighted by atomic mass is 9.99. The number of hydrogen-bond acceptors (Lipinski definition) is 3. The first-order valence-electron chi connectivity index (χ1n) is 6.14. The van der Waals surface area contributed by atoms with Crippen LogP contribution in [0.1, 0.15) is 11.1 Å². The molecule has 2 rings (SSSR count). The van der Waals surface area contributed by atoms with Gasteiger partial charge in [-0.2, -0.15) is 0 Å². The molecule has 5 nitrogen and oxygen atoms in total. The first kappa shape index (κ1) is 14.6. The Morgan fingerprint density at radius 1 is 1.29 bits per heavy atom. The van der Waals surface area contributed by atoms with Crippen molar-refractivity contribution in [3.63, 3.8) is 0 Å². The molecule has 0 bridgehead atoms. The number of halogens is 1. The van der Waals surface area contributed by atoms with Gasteiger partial charge < -0.3 is 5.11 Å². The number of nitro groups is 1. The average Bonchev–Trinajstić information content (AvgIpc) is 2.38. The number of carboxylic acid groups (broad SMARTS) is 1. The van der Waals surface area contributed by atoms with Crippen molar-refractivity contribution in [2.75, 3.05) is 0 Å². The van der Waals surface area contributed by atoms with Crippen LogP contribution < -0.4 is 0 Å². The van der Waals surface area contributed by atoms with E-state index in [1.54, 1.807) is 19.1 Å². The summed E-state index contributed by atoms with van der Waals surface area (Å²) in [4.78, 5) is 21.1. The lowest BCUT2D eigenvalue weighted by Gasteiger charge is -2.07. The van der Waals surface area contributed by atoms with Crippen LogP contribution in [0, 0.1) is 22.9 Å². The summed E-state index contributed by atoms with van der Waals surface area (Å²) >= 11 is 0. The molecule has 2 aromatic rings. The lowest BCUT2D eigenvalue weighted by molar-refractivity contribution is -0.385. The number of carbonyl (C=O) groups is 1. The van der Waals surface area contributed by atoms with Gasteiger partial charge in [-0.3, -0.25) is 14.9 Å². The Labute approximate surface area is 119 Å². The molecule has 0 atom stereocenters. The van der Waals surface area contributed by atoms with E-state index in [2.05, 4.69) is 0 Å². The van der Waals surface area contributed by atoms with Gasteiger partial charge in [0.25, 0.3) is 5.69 Å². The zero-order valence-electron chi connectivity index (χ0n) is 11.2. The van der Waals surface area contributed by atoms with Gasteiger partial charge in [0.2, 0.25) is 0 Å². The normalized spacial score (nSPS) is 10.4. The Morgan fingerprint density at radius 3 is 2.57 bits per heavy atom. The summed E-state index contributed by atoms with van der Waals surface area (Å²) in [5.74, 6) is -1.64. The van der Waals surface area contributed by atoms with E-state index in [1.807, 2.05) is 0 Å². The molecular weight excluding hydrogens is 277 g/mol. The van der Waals surface area contributed by atoms with Crippen LogP contribution in [0.5, 0.6) is 0 Å². The lowest BCUT2D eigenvalue weighted by Crippen LogP contribution is -2.04. The Morgan fingerprint density at radius 2 is 2.00 bits per heavy atom. The minimum atomic E-state index is -1.16. The second-order valence-corrected chi connectivity index (χ2v) is 4.65. The molecule has 0 aliphatic heterocycles. The summed E-state index contributed by atoms with van der Waals surface area (Å²) in [5.41, 5.74) is 1.09. The highest BCUT2D eigenvalue weighted by atomic mass is 19.1. The highest BCUT2D eigenvalue weighted by Gasteiger charge is 2.18. The number of aryl methyl sites for hydroxylation is 1. The predicted octanol–water partition coefficient (Wildman–Crippen LogP) is 3.34. The predicted molar refractivity (Wildman–Crippen MR) is 74.6 cm³/mol. The van der Waals surface area contributed by atoms with E-state index >= 15 is 0 Å².